The van der Waals surface area contributed by atoms with E-state index < -0.39 is 0 Å². The molecule has 1 aliphatic heterocycles. The molecule has 1 aliphatic rings. The van der Waals surface area contributed by atoms with Gasteiger partial charge in [-0.2, -0.15) is 4.98 Å². The molecule has 0 bridgehead atoms. The molecule has 2 aromatic heterocycles. The Kier molecular flexibility index (Phi) is 5.41. The zero-order chi connectivity index (χ0) is 18.5. The second-order valence-electron chi connectivity index (χ2n) is 6.43. The highest BCUT2D eigenvalue weighted by Gasteiger charge is 2.16. The zero-order valence-corrected chi connectivity index (χ0v) is 15.3. The average molecular weight is 366 g/mol. The highest BCUT2D eigenvalue weighted by molar-refractivity contribution is 5.65. The monoisotopic (exact) mass is 366 g/mol. The Morgan fingerprint density at radius 2 is 1.89 bits per heavy atom. The van der Waals surface area contributed by atoms with Gasteiger partial charge in [0.2, 0.25) is 11.7 Å². The van der Waals surface area contributed by atoms with E-state index in [9.17, 15) is 0 Å². The van der Waals surface area contributed by atoms with Crippen molar-refractivity contribution in [1.82, 2.24) is 20.1 Å². The van der Waals surface area contributed by atoms with E-state index in [1.165, 1.54) is 5.56 Å². The highest BCUT2D eigenvalue weighted by atomic mass is 16.5. The molecule has 0 spiro atoms. The minimum atomic E-state index is 0.414. The van der Waals surface area contributed by atoms with Gasteiger partial charge in [0.05, 0.1) is 19.5 Å². The standard InChI is InChI=1S/C20H22N4O3/c1-15-4-6-16(7-5-15)18-20(27-14-10-24-8-12-25-13-9-24)21-19(23-22-18)17-3-2-11-26-17/h2-7,11H,8-10,12-14H2,1H3. The van der Waals surface area contributed by atoms with Crippen LogP contribution in [0.5, 0.6) is 5.88 Å². The SMILES string of the molecule is Cc1ccc(-c2nnc(-c3ccco3)nc2OCCN2CCOCC2)cc1. The van der Waals surface area contributed by atoms with Crippen LogP contribution in [-0.2, 0) is 4.74 Å². The van der Waals surface area contributed by atoms with Gasteiger partial charge in [-0.15, -0.1) is 10.2 Å². The van der Waals surface area contributed by atoms with Crippen LogP contribution in [0.25, 0.3) is 22.8 Å². The number of aromatic nitrogens is 3. The molecule has 0 amide bonds. The number of morpholine rings is 1. The minimum Gasteiger partial charge on any atom is -0.475 e. The highest BCUT2D eigenvalue weighted by Crippen LogP contribution is 2.28. The Bertz CT molecular complexity index is 859. The van der Waals surface area contributed by atoms with Crippen molar-refractivity contribution in [3.63, 3.8) is 0 Å². The van der Waals surface area contributed by atoms with Gasteiger partial charge in [0, 0.05) is 25.2 Å². The second-order valence-corrected chi connectivity index (χ2v) is 6.43. The lowest BCUT2D eigenvalue weighted by atomic mass is 10.1. The van der Waals surface area contributed by atoms with E-state index >= 15 is 0 Å². The van der Waals surface area contributed by atoms with Crippen molar-refractivity contribution in [2.75, 3.05) is 39.5 Å². The molecule has 4 rings (SSSR count). The average Bonchev–Trinajstić information content (AvgIpc) is 3.24. The summed E-state index contributed by atoms with van der Waals surface area (Å²) in [5.74, 6) is 1.45. The quantitative estimate of drug-likeness (QED) is 0.664. The predicted octanol–water partition coefficient (Wildman–Crippen LogP) is 2.82. The van der Waals surface area contributed by atoms with Gasteiger partial charge in [-0.3, -0.25) is 4.90 Å². The third kappa shape index (κ3) is 4.32. The first-order valence-corrected chi connectivity index (χ1v) is 9.08. The lowest BCUT2D eigenvalue weighted by molar-refractivity contribution is 0.0320. The molecule has 0 unspecified atom stereocenters. The van der Waals surface area contributed by atoms with Crippen LogP contribution >= 0.6 is 0 Å². The summed E-state index contributed by atoms with van der Waals surface area (Å²) in [6.07, 6.45) is 1.59. The number of ether oxygens (including phenoxy) is 2. The molecular weight excluding hydrogens is 344 g/mol. The van der Waals surface area contributed by atoms with Gasteiger partial charge in [-0.05, 0) is 19.1 Å². The van der Waals surface area contributed by atoms with E-state index in [1.54, 1.807) is 18.4 Å². The van der Waals surface area contributed by atoms with Crippen molar-refractivity contribution in [3.05, 3.63) is 48.2 Å². The fraction of sp³-hybridized carbons (Fsp3) is 0.350. The van der Waals surface area contributed by atoms with Crippen LogP contribution in [0.4, 0.5) is 0 Å². The molecule has 0 saturated carbocycles. The van der Waals surface area contributed by atoms with Crippen LogP contribution in [-0.4, -0.2) is 59.5 Å². The van der Waals surface area contributed by atoms with E-state index in [4.69, 9.17) is 13.9 Å². The van der Waals surface area contributed by atoms with Gasteiger partial charge < -0.3 is 13.9 Å². The number of hydrogen-bond donors (Lipinski definition) is 0. The molecule has 0 aliphatic carbocycles. The summed E-state index contributed by atoms with van der Waals surface area (Å²) in [6, 6.07) is 11.7. The maximum Gasteiger partial charge on any atom is 0.244 e. The Labute approximate surface area is 158 Å². The summed E-state index contributed by atoms with van der Waals surface area (Å²) in [4.78, 5) is 6.88. The summed E-state index contributed by atoms with van der Waals surface area (Å²) in [5.41, 5.74) is 2.74. The zero-order valence-electron chi connectivity index (χ0n) is 15.3. The van der Waals surface area contributed by atoms with E-state index in [-0.39, 0.29) is 0 Å². The van der Waals surface area contributed by atoms with Crippen LogP contribution in [0.2, 0.25) is 0 Å². The van der Waals surface area contributed by atoms with Gasteiger partial charge in [-0.25, -0.2) is 0 Å². The summed E-state index contributed by atoms with van der Waals surface area (Å²) < 4.78 is 16.8. The van der Waals surface area contributed by atoms with Crippen molar-refractivity contribution in [2.24, 2.45) is 0 Å². The number of furan rings is 1. The molecule has 7 heteroatoms. The largest absolute Gasteiger partial charge is 0.475 e. The van der Waals surface area contributed by atoms with Crippen molar-refractivity contribution in [2.45, 2.75) is 6.92 Å². The van der Waals surface area contributed by atoms with Crippen molar-refractivity contribution in [3.8, 4) is 28.7 Å². The molecule has 0 N–H and O–H groups in total. The molecule has 1 saturated heterocycles. The number of hydrogen-bond acceptors (Lipinski definition) is 7. The predicted molar refractivity (Wildman–Crippen MR) is 100 cm³/mol. The fourth-order valence-electron chi connectivity index (χ4n) is 2.91. The first-order chi connectivity index (χ1) is 13.3. The number of benzene rings is 1. The lowest BCUT2D eigenvalue weighted by Gasteiger charge is -2.26. The fourth-order valence-corrected chi connectivity index (χ4v) is 2.91. The van der Waals surface area contributed by atoms with Crippen LogP contribution in [0.3, 0.4) is 0 Å². The molecule has 3 heterocycles. The van der Waals surface area contributed by atoms with E-state index in [0.29, 0.717) is 29.8 Å². The molecule has 140 valence electrons. The number of nitrogens with zero attached hydrogens (tertiary/aromatic N) is 4. The molecule has 27 heavy (non-hydrogen) atoms. The molecule has 1 fully saturated rings. The van der Waals surface area contributed by atoms with Crippen molar-refractivity contribution < 1.29 is 13.9 Å². The second kappa shape index (κ2) is 8.28. The lowest BCUT2D eigenvalue weighted by Crippen LogP contribution is -2.38. The van der Waals surface area contributed by atoms with Gasteiger partial charge in [0.1, 0.15) is 6.61 Å². The number of aryl methyl sites for hydroxylation is 1. The van der Waals surface area contributed by atoms with E-state index in [2.05, 4.69) is 20.1 Å². The third-order valence-corrected chi connectivity index (χ3v) is 4.47. The van der Waals surface area contributed by atoms with Crippen LogP contribution < -0.4 is 4.74 Å². The molecular formula is C20H22N4O3. The molecule has 0 radical (unpaired) electrons. The first-order valence-electron chi connectivity index (χ1n) is 9.08. The topological polar surface area (TPSA) is 73.5 Å². The summed E-state index contributed by atoms with van der Waals surface area (Å²) in [6.45, 7) is 6.78. The molecule has 3 aromatic rings. The summed E-state index contributed by atoms with van der Waals surface area (Å²) in [7, 11) is 0. The van der Waals surface area contributed by atoms with Crippen LogP contribution in [0.1, 0.15) is 5.56 Å². The van der Waals surface area contributed by atoms with Crippen LogP contribution in [0, 0.1) is 6.92 Å². The Balaban J connectivity index is 1.56. The normalized spacial score (nSPS) is 15.0. The maximum absolute atomic E-state index is 6.03. The van der Waals surface area contributed by atoms with Gasteiger partial charge >= 0.3 is 0 Å². The van der Waals surface area contributed by atoms with Gasteiger partial charge in [-0.1, -0.05) is 29.8 Å². The molecule has 7 nitrogen and oxygen atoms in total. The smallest absolute Gasteiger partial charge is 0.244 e. The Morgan fingerprint density at radius 3 is 2.63 bits per heavy atom. The third-order valence-electron chi connectivity index (χ3n) is 4.47. The Morgan fingerprint density at radius 1 is 1.07 bits per heavy atom. The van der Waals surface area contributed by atoms with E-state index in [0.717, 1.165) is 38.4 Å². The minimum absolute atomic E-state index is 0.414. The van der Waals surface area contributed by atoms with Crippen LogP contribution in [0.15, 0.2) is 47.1 Å². The molecule has 0 atom stereocenters. The van der Waals surface area contributed by atoms with Gasteiger partial charge in [0.25, 0.3) is 0 Å². The summed E-state index contributed by atoms with van der Waals surface area (Å²) in [5, 5.41) is 8.59. The summed E-state index contributed by atoms with van der Waals surface area (Å²) >= 11 is 0. The maximum atomic E-state index is 6.03. The first kappa shape index (κ1) is 17.6. The van der Waals surface area contributed by atoms with Crippen molar-refractivity contribution in [1.29, 1.82) is 0 Å². The van der Waals surface area contributed by atoms with E-state index in [1.807, 2.05) is 31.2 Å². The Hall–Kier alpha value is -2.77. The number of rotatable bonds is 6. The van der Waals surface area contributed by atoms with Gasteiger partial charge in [0.15, 0.2) is 11.5 Å². The molecule has 1 aromatic carbocycles. The van der Waals surface area contributed by atoms with Crippen molar-refractivity contribution >= 4 is 0 Å².